The Kier molecular flexibility index (Phi) is 6.53. The third-order valence-corrected chi connectivity index (χ3v) is 2.99. The standard InChI is InChI=1S/C16H23NO6/c1-16(2,3)23-15(22)17-11(12(18)13(19)14(20)21)9-10-7-5-4-6-8-10/h4-8,11-13,18-19H,9H2,1-3H3,(H,17,22)(H,20,21)/t11-,12-,13+/m0/s1. The van der Waals surface area contributed by atoms with E-state index in [-0.39, 0.29) is 6.42 Å². The number of aliphatic hydroxyl groups excluding tert-OH is 2. The summed E-state index contributed by atoms with van der Waals surface area (Å²) >= 11 is 0. The molecule has 0 aromatic heterocycles. The first-order valence-corrected chi connectivity index (χ1v) is 7.22. The van der Waals surface area contributed by atoms with Crippen LogP contribution in [0.25, 0.3) is 0 Å². The van der Waals surface area contributed by atoms with Gasteiger partial charge in [0.1, 0.15) is 11.7 Å². The lowest BCUT2D eigenvalue weighted by Gasteiger charge is -2.28. The summed E-state index contributed by atoms with van der Waals surface area (Å²) in [5, 5.41) is 30.9. The third-order valence-electron chi connectivity index (χ3n) is 2.99. The number of hydrogen-bond donors (Lipinski definition) is 4. The van der Waals surface area contributed by atoms with Crippen molar-refractivity contribution in [2.75, 3.05) is 0 Å². The number of alkyl carbamates (subject to hydrolysis) is 1. The monoisotopic (exact) mass is 325 g/mol. The Labute approximate surface area is 134 Å². The van der Waals surface area contributed by atoms with Crippen molar-refractivity contribution in [3.8, 4) is 0 Å². The van der Waals surface area contributed by atoms with Crippen molar-refractivity contribution in [2.24, 2.45) is 0 Å². The molecule has 0 fully saturated rings. The molecule has 0 bridgehead atoms. The van der Waals surface area contributed by atoms with Crippen molar-refractivity contribution in [3.05, 3.63) is 35.9 Å². The van der Waals surface area contributed by atoms with E-state index in [1.165, 1.54) is 0 Å². The van der Waals surface area contributed by atoms with Crippen molar-refractivity contribution in [1.82, 2.24) is 5.32 Å². The van der Waals surface area contributed by atoms with Gasteiger partial charge in [-0.15, -0.1) is 0 Å². The molecular formula is C16H23NO6. The molecule has 1 aromatic carbocycles. The van der Waals surface area contributed by atoms with Gasteiger partial charge in [-0.3, -0.25) is 0 Å². The number of aliphatic hydroxyl groups is 2. The lowest BCUT2D eigenvalue weighted by Crippen LogP contribution is -2.52. The summed E-state index contributed by atoms with van der Waals surface area (Å²) in [5.74, 6) is -1.57. The van der Waals surface area contributed by atoms with Crippen molar-refractivity contribution in [3.63, 3.8) is 0 Å². The number of aliphatic carboxylic acids is 1. The highest BCUT2D eigenvalue weighted by molar-refractivity contribution is 5.73. The molecule has 128 valence electrons. The Balaban J connectivity index is 2.87. The van der Waals surface area contributed by atoms with Gasteiger partial charge in [-0.2, -0.15) is 0 Å². The van der Waals surface area contributed by atoms with Crippen LogP contribution >= 0.6 is 0 Å². The van der Waals surface area contributed by atoms with Gasteiger partial charge in [-0.1, -0.05) is 30.3 Å². The number of carbonyl (C=O) groups excluding carboxylic acids is 1. The summed E-state index contributed by atoms with van der Waals surface area (Å²) in [6.07, 6.45) is -4.35. The second-order valence-corrected chi connectivity index (χ2v) is 6.22. The number of ether oxygens (including phenoxy) is 1. The second kappa shape index (κ2) is 7.94. The van der Waals surface area contributed by atoms with Gasteiger partial charge in [0.25, 0.3) is 0 Å². The molecule has 0 saturated heterocycles. The van der Waals surface area contributed by atoms with Crippen LogP contribution in [0.5, 0.6) is 0 Å². The molecular weight excluding hydrogens is 302 g/mol. The van der Waals surface area contributed by atoms with E-state index < -0.39 is 35.9 Å². The van der Waals surface area contributed by atoms with Crippen LogP contribution in [0.4, 0.5) is 4.79 Å². The van der Waals surface area contributed by atoms with Gasteiger partial charge >= 0.3 is 12.1 Å². The first kappa shape index (κ1) is 18.9. The number of carboxylic acids is 1. The number of hydrogen-bond acceptors (Lipinski definition) is 5. The summed E-state index contributed by atoms with van der Waals surface area (Å²) < 4.78 is 5.11. The first-order chi connectivity index (χ1) is 10.6. The molecule has 0 spiro atoms. The third kappa shape index (κ3) is 6.66. The fourth-order valence-corrected chi connectivity index (χ4v) is 1.95. The van der Waals surface area contributed by atoms with E-state index in [0.717, 1.165) is 5.56 Å². The Morgan fingerprint density at radius 1 is 1.17 bits per heavy atom. The van der Waals surface area contributed by atoms with E-state index in [4.69, 9.17) is 9.84 Å². The average Bonchev–Trinajstić information content (AvgIpc) is 2.44. The molecule has 23 heavy (non-hydrogen) atoms. The molecule has 7 heteroatoms. The molecule has 0 aliphatic carbocycles. The zero-order valence-corrected chi connectivity index (χ0v) is 13.4. The van der Waals surface area contributed by atoms with Crippen LogP contribution < -0.4 is 5.32 Å². The van der Waals surface area contributed by atoms with Crippen LogP contribution in [0, 0.1) is 0 Å². The van der Waals surface area contributed by atoms with Gasteiger partial charge in [0.15, 0.2) is 6.10 Å². The Morgan fingerprint density at radius 3 is 2.22 bits per heavy atom. The Hall–Kier alpha value is -2.12. The van der Waals surface area contributed by atoms with Gasteiger partial charge < -0.3 is 25.4 Å². The van der Waals surface area contributed by atoms with E-state index in [1.54, 1.807) is 45.0 Å². The highest BCUT2D eigenvalue weighted by atomic mass is 16.6. The number of benzene rings is 1. The van der Waals surface area contributed by atoms with E-state index in [2.05, 4.69) is 5.32 Å². The van der Waals surface area contributed by atoms with Gasteiger partial charge in [0.2, 0.25) is 0 Å². The maximum Gasteiger partial charge on any atom is 0.407 e. The molecule has 1 rings (SSSR count). The summed E-state index contributed by atoms with van der Waals surface area (Å²) in [7, 11) is 0. The molecule has 0 saturated carbocycles. The fourth-order valence-electron chi connectivity index (χ4n) is 1.95. The fraction of sp³-hybridized carbons (Fsp3) is 0.500. The molecule has 0 aliphatic heterocycles. The molecule has 0 radical (unpaired) electrons. The quantitative estimate of drug-likeness (QED) is 0.618. The Bertz CT molecular complexity index is 525. The average molecular weight is 325 g/mol. The lowest BCUT2D eigenvalue weighted by atomic mass is 9.98. The summed E-state index contributed by atoms with van der Waals surface area (Å²) in [6.45, 7) is 5.05. The summed E-state index contributed by atoms with van der Waals surface area (Å²) in [4.78, 5) is 22.7. The van der Waals surface area contributed by atoms with Crippen LogP contribution in [0.15, 0.2) is 30.3 Å². The maximum absolute atomic E-state index is 11.9. The highest BCUT2D eigenvalue weighted by Gasteiger charge is 2.33. The minimum atomic E-state index is -2.02. The Morgan fingerprint density at radius 2 is 1.74 bits per heavy atom. The molecule has 0 heterocycles. The zero-order chi connectivity index (χ0) is 17.6. The van der Waals surface area contributed by atoms with E-state index in [9.17, 15) is 19.8 Å². The van der Waals surface area contributed by atoms with Gasteiger partial charge in [0.05, 0.1) is 6.04 Å². The van der Waals surface area contributed by atoms with Crippen LogP contribution in [0.3, 0.4) is 0 Å². The summed E-state index contributed by atoms with van der Waals surface area (Å²) in [5.41, 5.74) is 0.0304. The first-order valence-electron chi connectivity index (χ1n) is 7.22. The molecule has 0 unspecified atom stereocenters. The van der Waals surface area contributed by atoms with Crippen molar-refractivity contribution in [1.29, 1.82) is 0 Å². The SMILES string of the molecule is CC(C)(C)OC(=O)N[C@@H](Cc1ccccc1)[C@H](O)[C@@H](O)C(=O)O. The molecule has 7 nitrogen and oxygen atoms in total. The molecule has 1 amide bonds. The van der Waals surface area contributed by atoms with E-state index >= 15 is 0 Å². The molecule has 1 aromatic rings. The highest BCUT2D eigenvalue weighted by Crippen LogP contribution is 2.12. The number of amides is 1. The van der Waals surface area contributed by atoms with Crippen LogP contribution in [0.2, 0.25) is 0 Å². The minimum absolute atomic E-state index is 0.144. The lowest BCUT2D eigenvalue weighted by molar-refractivity contribution is -0.154. The maximum atomic E-state index is 11.9. The topological polar surface area (TPSA) is 116 Å². The molecule has 0 aliphatic rings. The van der Waals surface area contributed by atoms with Crippen LogP contribution in [0.1, 0.15) is 26.3 Å². The smallest absolute Gasteiger partial charge is 0.407 e. The summed E-state index contributed by atoms with van der Waals surface area (Å²) in [6, 6.07) is 7.88. The number of carboxylic acid groups (broad SMARTS) is 1. The van der Waals surface area contributed by atoms with Gasteiger partial charge in [-0.05, 0) is 32.8 Å². The van der Waals surface area contributed by atoms with Crippen LogP contribution in [-0.4, -0.2) is 51.2 Å². The molecule has 3 atom stereocenters. The van der Waals surface area contributed by atoms with Crippen molar-refractivity contribution in [2.45, 2.75) is 51.0 Å². The van der Waals surface area contributed by atoms with Gasteiger partial charge in [0, 0.05) is 0 Å². The minimum Gasteiger partial charge on any atom is -0.479 e. The molecule has 4 N–H and O–H groups in total. The van der Waals surface area contributed by atoms with Crippen molar-refractivity contribution < 1.29 is 29.6 Å². The normalized spacial score (nSPS) is 15.3. The largest absolute Gasteiger partial charge is 0.479 e. The van der Waals surface area contributed by atoms with Gasteiger partial charge in [-0.25, -0.2) is 9.59 Å². The second-order valence-electron chi connectivity index (χ2n) is 6.22. The zero-order valence-electron chi connectivity index (χ0n) is 13.4. The van der Waals surface area contributed by atoms with Crippen LogP contribution in [-0.2, 0) is 16.0 Å². The predicted octanol–water partition coefficient (Wildman–Crippen LogP) is 0.929. The van der Waals surface area contributed by atoms with E-state index in [1.807, 2.05) is 6.07 Å². The van der Waals surface area contributed by atoms with Crippen molar-refractivity contribution >= 4 is 12.1 Å². The van der Waals surface area contributed by atoms with E-state index in [0.29, 0.717) is 0 Å². The number of carbonyl (C=O) groups is 2. The number of nitrogens with one attached hydrogen (secondary N) is 1. The predicted molar refractivity (Wildman–Crippen MR) is 83.0 cm³/mol. The number of rotatable bonds is 6.